The smallest absolute Gasteiger partial charge is 0.124 e. The van der Waals surface area contributed by atoms with Crippen molar-refractivity contribution in [1.29, 1.82) is 0 Å². The summed E-state index contributed by atoms with van der Waals surface area (Å²) in [5.74, 6) is 7.64. The van der Waals surface area contributed by atoms with Gasteiger partial charge in [0.1, 0.15) is 17.3 Å². The zero-order valence-corrected chi connectivity index (χ0v) is 19.8. The van der Waals surface area contributed by atoms with Crippen LogP contribution >= 0.6 is 0 Å². The molecule has 0 saturated carbocycles. The summed E-state index contributed by atoms with van der Waals surface area (Å²) in [5, 5.41) is 10.1. The number of benzene rings is 1. The lowest BCUT2D eigenvalue weighted by Crippen LogP contribution is -2.31. The molecule has 3 heterocycles. The first-order valence-electron chi connectivity index (χ1n) is 11.4. The van der Waals surface area contributed by atoms with Gasteiger partial charge in [-0.15, -0.1) is 0 Å². The number of para-hydroxylation sites is 1. The number of likely N-dealkylation sites (tertiary alicyclic amines) is 1. The summed E-state index contributed by atoms with van der Waals surface area (Å²) in [6, 6.07) is 11.1. The number of rotatable bonds is 5. The maximum atomic E-state index is 10.1. The standard InChI is InChI=1S/C26H33N7O/c1-31(2)11-5-6-20-12-21(9-10-30-20)32-14-18-16-33(17-19(18)15-32)24(26(28)29)13-23(27)22-7-3-4-8-25(22)34/h3-4,7-10,12-13,18-19,34H,11,14-17,27-29H2,1-2H3/b23-13-/t18-,19+. The van der Waals surface area contributed by atoms with Gasteiger partial charge >= 0.3 is 0 Å². The van der Waals surface area contributed by atoms with Crippen molar-refractivity contribution in [3.8, 4) is 17.6 Å². The van der Waals surface area contributed by atoms with E-state index in [0.717, 1.165) is 37.6 Å². The van der Waals surface area contributed by atoms with E-state index in [1.165, 1.54) is 0 Å². The van der Waals surface area contributed by atoms with Crippen molar-refractivity contribution in [2.24, 2.45) is 29.0 Å². The van der Waals surface area contributed by atoms with E-state index in [0.29, 0.717) is 35.3 Å². The number of aromatic hydroxyl groups is 1. The molecule has 2 atom stereocenters. The lowest BCUT2D eigenvalue weighted by molar-refractivity contribution is 0.402. The molecule has 178 valence electrons. The lowest BCUT2D eigenvalue weighted by atomic mass is 10.0. The topological polar surface area (TPSA) is 121 Å². The summed E-state index contributed by atoms with van der Waals surface area (Å²) in [6.45, 7) is 4.30. The fourth-order valence-corrected chi connectivity index (χ4v) is 4.67. The predicted molar refractivity (Wildman–Crippen MR) is 136 cm³/mol. The Morgan fingerprint density at radius 3 is 2.47 bits per heavy atom. The SMILES string of the molecule is CN(C)CC#Cc1cc(N2C[C@H]3CN(C(/C=C(\N)c4ccccc4O)=C(N)N)C[C@H]3C2)ccn1. The quantitative estimate of drug-likeness (QED) is 0.388. The molecule has 34 heavy (non-hydrogen) atoms. The minimum atomic E-state index is 0.128. The van der Waals surface area contributed by atoms with Gasteiger partial charge in [-0.2, -0.15) is 0 Å². The second-order valence-electron chi connectivity index (χ2n) is 9.23. The molecule has 2 fully saturated rings. The third kappa shape index (κ3) is 5.21. The average Bonchev–Trinajstić information content (AvgIpc) is 3.37. The number of fused-ring (bicyclic) bond motifs is 1. The van der Waals surface area contributed by atoms with E-state index in [9.17, 15) is 5.11 Å². The van der Waals surface area contributed by atoms with E-state index in [-0.39, 0.29) is 11.6 Å². The van der Waals surface area contributed by atoms with Gasteiger partial charge in [-0.05, 0) is 50.4 Å². The van der Waals surface area contributed by atoms with E-state index in [2.05, 4.69) is 38.8 Å². The van der Waals surface area contributed by atoms with Crippen LogP contribution < -0.4 is 22.1 Å². The van der Waals surface area contributed by atoms with Crippen molar-refractivity contribution in [3.05, 3.63) is 71.4 Å². The first kappa shape index (κ1) is 23.3. The van der Waals surface area contributed by atoms with Crippen LogP contribution in [0.5, 0.6) is 5.75 Å². The number of pyridine rings is 1. The third-order valence-electron chi connectivity index (χ3n) is 6.35. The van der Waals surface area contributed by atoms with Crippen LogP contribution in [-0.4, -0.2) is 66.7 Å². The highest BCUT2D eigenvalue weighted by Gasteiger charge is 2.40. The van der Waals surface area contributed by atoms with E-state index < -0.39 is 0 Å². The van der Waals surface area contributed by atoms with Crippen LogP contribution in [0.3, 0.4) is 0 Å². The Labute approximate surface area is 201 Å². The largest absolute Gasteiger partial charge is 0.507 e. The Hall–Kier alpha value is -3.83. The molecule has 2 saturated heterocycles. The fraction of sp³-hybridized carbons (Fsp3) is 0.346. The molecule has 1 aromatic heterocycles. The Bertz CT molecular complexity index is 1140. The van der Waals surface area contributed by atoms with Crippen molar-refractivity contribution in [2.45, 2.75) is 0 Å². The van der Waals surface area contributed by atoms with Crippen LogP contribution in [0.25, 0.3) is 5.70 Å². The normalized spacial score (nSPS) is 19.7. The van der Waals surface area contributed by atoms with Crippen molar-refractivity contribution >= 4 is 11.4 Å². The van der Waals surface area contributed by atoms with Gasteiger partial charge in [0.05, 0.1) is 12.2 Å². The van der Waals surface area contributed by atoms with Crippen molar-refractivity contribution < 1.29 is 5.11 Å². The molecule has 0 unspecified atom stereocenters. The van der Waals surface area contributed by atoms with Gasteiger partial charge in [-0.3, -0.25) is 4.90 Å². The fourth-order valence-electron chi connectivity index (χ4n) is 4.67. The molecule has 4 rings (SSSR count). The summed E-state index contributed by atoms with van der Waals surface area (Å²) >= 11 is 0. The highest BCUT2D eigenvalue weighted by molar-refractivity contribution is 5.70. The number of hydrogen-bond acceptors (Lipinski definition) is 8. The summed E-state index contributed by atoms with van der Waals surface area (Å²) in [6.07, 6.45) is 3.60. The van der Waals surface area contributed by atoms with E-state index in [4.69, 9.17) is 17.2 Å². The van der Waals surface area contributed by atoms with Gasteiger partial charge < -0.3 is 32.1 Å². The first-order chi connectivity index (χ1) is 16.3. The molecule has 2 aromatic rings. The molecular formula is C26H33N7O. The molecular weight excluding hydrogens is 426 g/mol. The molecule has 0 aliphatic carbocycles. The number of phenolic OH excluding ortho intramolecular Hbond substituents is 1. The zero-order chi connectivity index (χ0) is 24.2. The monoisotopic (exact) mass is 459 g/mol. The molecule has 0 spiro atoms. The highest BCUT2D eigenvalue weighted by atomic mass is 16.3. The Balaban J connectivity index is 1.44. The van der Waals surface area contributed by atoms with E-state index in [1.54, 1.807) is 24.3 Å². The lowest BCUT2D eigenvalue weighted by Gasteiger charge is -2.26. The second kappa shape index (κ2) is 9.98. The Morgan fingerprint density at radius 1 is 1.12 bits per heavy atom. The van der Waals surface area contributed by atoms with Gasteiger partial charge in [-0.1, -0.05) is 18.1 Å². The van der Waals surface area contributed by atoms with Crippen LogP contribution in [-0.2, 0) is 0 Å². The molecule has 8 nitrogen and oxygen atoms in total. The van der Waals surface area contributed by atoms with Crippen molar-refractivity contribution in [1.82, 2.24) is 14.8 Å². The number of allylic oxidation sites excluding steroid dienone is 1. The molecule has 2 aliphatic rings. The number of phenols is 1. The average molecular weight is 460 g/mol. The number of hydrogen-bond donors (Lipinski definition) is 4. The van der Waals surface area contributed by atoms with Gasteiger partial charge in [0.2, 0.25) is 0 Å². The minimum Gasteiger partial charge on any atom is -0.507 e. The summed E-state index contributed by atoms with van der Waals surface area (Å²) in [7, 11) is 4.00. The number of nitrogens with two attached hydrogens (primary N) is 3. The maximum absolute atomic E-state index is 10.1. The van der Waals surface area contributed by atoms with Gasteiger partial charge in [0, 0.05) is 61.2 Å². The van der Waals surface area contributed by atoms with Crippen LogP contribution in [0.15, 0.2) is 60.2 Å². The Kier molecular flexibility index (Phi) is 6.85. The Morgan fingerprint density at radius 2 is 1.82 bits per heavy atom. The van der Waals surface area contributed by atoms with Gasteiger partial charge in [0.25, 0.3) is 0 Å². The third-order valence-corrected chi connectivity index (χ3v) is 6.35. The summed E-state index contributed by atoms with van der Waals surface area (Å²) in [5.41, 5.74) is 22.0. The highest BCUT2D eigenvalue weighted by Crippen LogP contribution is 2.36. The maximum Gasteiger partial charge on any atom is 0.124 e. The van der Waals surface area contributed by atoms with E-state index >= 15 is 0 Å². The molecule has 8 heteroatoms. The molecule has 7 N–H and O–H groups in total. The van der Waals surface area contributed by atoms with Gasteiger partial charge in [0.15, 0.2) is 0 Å². The van der Waals surface area contributed by atoms with Crippen LogP contribution in [0.2, 0.25) is 0 Å². The summed E-state index contributed by atoms with van der Waals surface area (Å²) in [4.78, 5) is 11.0. The first-order valence-corrected chi connectivity index (χ1v) is 11.4. The second-order valence-corrected chi connectivity index (χ2v) is 9.23. The van der Waals surface area contributed by atoms with Crippen molar-refractivity contribution in [3.63, 3.8) is 0 Å². The predicted octanol–water partition coefficient (Wildman–Crippen LogP) is 1.15. The molecule has 1 aromatic carbocycles. The molecule has 2 aliphatic heterocycles. The van der Waals surface area contributed by atoms with Crippen molar-refractivity contribution in [2.75, 3.05) is 51.7 Å². The summed E-state index contributed by atoms with van der Waals surface area (Å²) < 4.78 is 0. The molecule has 0 radical (unpaired) electrons. The van der Waals surface area contributed by atoms with Crippen LogP contribution in [0.4, 0.5) is 5.69 Å². The molecule has 0 amide bonds. The number of nitrogens with zero attached hydrogens (tertiary/aromatic N) is 4. The minimum absolute atomic E-state index is 0.128. The van der Waals surface area contributed by atoms with Crippen LogP contribution in [0, 0.1) is 23.7 Å². The number of aromatic nitrogens is 1. The zero-order valence-electron chi connectivity index (χ0n) is 19.8. The van der Waals surface area contributed by atoms with Gasteiger partial charge in [-0.25, -0.2) is 4.98 Å². The molecule has 0 bridgehead atoms. The van der Waals surface area contributed by atoms with E-state index in [1.807, 2.05) is 31.3 Å². The van der Waals surface area contributed by atoms with Crippen LogP contribution in [0.1, 0.15) is 11.3 Å². The number of anilines is 1.